The van der Waals surface area contributed by atoms with Gasteiger partial charge in [0, 0.05) is 6.54 Å². The van der Waals surface area contributed by atoms with Gasteiger partial charge in [-0.1, -0.05) is 0 Å². The van der Waals surface area contributed by atoms with Crippen LogP contribution in [0.4, 0.5) is 8.78 Å². The second kappa shape index (κ2) is 3.36. The normalized spacial score (nSPS) is 11.7. The summed E-state index contributed by atoms with van der Waals surface area (Å²) in [6.45, 7) is 3.37. The zero-order valence-electron chi connectivity index (χ0n) is 7.79. The highest BCUT2D eigenvalue weighted by atomic mass is 19.3. The number of carboxylic acids is 1. The Kier molecular flexibility index (Phi) is 2.55. The Balaban J connectivity index is 3.23. The van der Waals surface area contributed by atoms with Crippen LogP contribution in [0.3, 0.4) is 0 Å². The molecule has 0 aromatic carbocycles. The van der Waals surface area contributed by atoms with Gasteiger partial charge < -0.3 is 5.11 Å². The highest BCUT2D eigenvalue weighted by Crippen LogP contribution is 2.28. The summed E-state index contributed by atoms with van der Waals surface area (Å²) in [6, 6.07) is 1.08. The number of rotatable bonds is 3. The SMILES string of the molecule is CCn1nc(C)cc1C(F)(F)C(=O)O. The predicted octanol–water partition coefficient (Wildman–Crippen LogP) is 1.39. The number of carboxylic acid groups (broad SMARTS) is 1. The fraction of sp³-hybridized carbons (Fsp3) is 0.500. The number of hydrogen-bond acceptors (Lipinski definition) is 2. The lowest BCUT2D eigenvalue weighted by molar-refractivity contribution is -0.167. The van der Waals surface area contributed by atoms with E-state index < -0.39 is 17.6 Å². The molecule has 0 atom stereocenters. The molecule has 0 aliphatic heterocycles. The van der Waals surface area contributed by atoms with E-state index in [2.05, 4.69) is 5.10 Å². The van der Waals surface area contributed by atoms with E-state index in [1.54, 1.807) is 6.92 Å². The molecule has 4 nitrogen and oxygen atoms in total. The van der Waals surface area contributed by atoms with E-state index in [9.17, 15) is 13.6 Å². The first kappa shape index (κ1) is 10.6. The van der Waals surface area contributed by atoms with Gasteiger partial charge >= 0.3 is 11.9 Å². The van der Waals surface area contributed by atoms with Crippen LogP contribution in [0.15, 0.2) is 6.07 Å². The predicted molar refractivity (Wildman–Crippen MR) is 44.2 cm³/mol. The van der Waals surface area contributed by atoms with Gasteiger partial charge in [-0.25, -0.2) is 4.79 Å². The lowest BCUT2D eigenvalue weighted by Crippen LogP contribution is -2.28. The molecule has 14 heavy (non-hydrogen) atoms. The largest absolute Gasteiger partial charge is 0.476 e. The Labute approximate surface area is 79.2 Å². The van der Waals surface area contributed by atoms with Crippen molar-refractivity contribution in [3.8, 4) is 0 Å². The Bertz CT molecular complexity index is 360. The van der Waals surface area contributed by atoms with Gasteiger partial charge in [0.1, 0.15) is 5.69 Å². The van der Waals surface area contributed by atoms with Gasteiger partial charge in [0.2, 0.25) is 0 Å². The third-order valence-electron chi connectivity index (χ3n) is 1.79. The molecule has 0 saturated heterocycles. The van der Waals surface area contributed by atoms with Crippen molar-refractivity contribution in [3.05, 3.63) is 17.5 Å². The molecule has 1 N–H and O–H groups in total. The first-order chi connectivity index (χ1) is 6.39. The van der Waals surface area contributed by atoms with E-state index in [1.165, 1.54) is 6.92 Å². The van der Waals surface area contributed by atoms with Crippen LogP contribution in [-0.2, 0) is 17.3 Å². The van der Waals surface area contributed by atoms with Gasteiger partial charge in [0.25, 0.3) is 0 Å². The lowest BCUT2D eigenvalue weighted by Gasteiger charge is -2.11. The number of halogens is 2. The summed E-state index contributed by atoms with van der Waals surface area (Å²) in [5, 5.41) is 12.1. The third kappa shape index (κ3) is 1.59. The zero-order valence-corrected chi connectivity index (χ0v) is 7.79. The molecule has 0 saturated carbocycles. The van der Waals surface area contributed by atoms with Gasteiger partial charge in [-0.3, -0.25) is 4.68 Å². The van der Waals surface area contributed by atoms with E-state index in [0.717, 1.165) is 10.7 Å². The summed E-state index contributed by atoms with van der Waals surface area (Å²) >= 11 is 0. The summed E-state index contributed by atoms with van der Waals surface area (Å²) in [5.41, 5.74) is -0.201. The zero-order chi connectivity index (χ0) is 10.9. The first-order valence-corrected chi connectivity index (χ1v) is 4.05. The molecule has 0 fully saturated rings. The van der Waals surface area contributed by atoms with Crippen LogP contribution in [0.25, 0.3) is 0 Å². The molecule has 6 heteroatoms. The number of alkyl halides is 2. The van der Waals surface area contributed by atoms with Crippen LogP contribution >= 0.6 is 0 Å². The maximum atomic E-state index is 13.1. The lowest BCUT2D eigenvalue weighted by atomic mass is 10.2. The maximum Gasteiger partial charge on any atom is 0.383 e. The summed E-state index contributed by atoms with van der Waals surface area (Å²) in [4.78, 5) is 10.3. The van der Waals surface area contributed by atoms with Crippen molar-refractivity contribution in [2.45, 2.75) is 26.3 Å². The van der Waals surface area contributed by atoms with E-state index in [4.69, 9.17) is 5.11 Å². The highest BCUT2D eigenvalue weighted by Gasteiger charge is 2.44. The van der Waals surface area contributed by atoms with Gasteiger partial charge in [-0.15, -0.1) is 0 Å². The quantitative estimate of drug-likeness (QED) is 0.809. The van der Waals surface area contributed by atoms with Crippen LogP contribution in [0.2, 0.25) is 0 Å². The van der Waals surface area contributed by atoms with Gasteiger partial charge in [0.05, 0.1) is 5.69 Å². The summed E-state index contributed by atoms with van der Waals surface area (Å²) in [5.74, 6) is -6.04. The summed E-state index contributed by atoms with van der Waals surface area (Å²) in [7, 11) is 0. The van der Waals surface area contributed by atoms with Gasteiger partial charge in [-0.2, -0.15) is 13.9 Å². The van der Waals surface area contributed by atoms with Crippen molar-refractivity contribution in [3.63, 3.8) is 0 Å². The van der Waals surface area contributed by atoms with E-state index in [0.29, 0.717) is 5.69 Å². The number of aryl methyl sites for hydroxylation is 2. The summed E-state index contributed by atoms with van der Waals surface area (Å²) in [6.07, 6.45) is 0. The molecule has 1 aromatic rings. The summed E-state index contributed by atoms with van der Waals surface area (Å²) < 4.78 is 27.1. The van der Waals surface area contributed by atoms with Crippen molar-refractivity contribution >= 4 is 5.97 Å². The molecule has 1 aromatic heterocycles. The number of nitrogens with zero attached hydrogens (tertiary/aromatic N) is 2. The van der Waals surface area contributed by atoms with Crippen LogP contribution < -0.4 is 0 Å². The second-order valence-electron chi connectivity index (χ2n) is 2.87. The van der Waals surface area contributed by atoms with Crippen molar-refractivity contribution in [2.75, 3.05) is 0 Å². The van der Waals surface area contributed by atoms with Crippen molar-refractivity contribution in [2.24, 2.45) is 0 Å². The molecule has 0 unspecified atom stereocenters. The van der Waals surface area contributed by atoms with Crippen molar-refractivity contribution < 1.29 is 18.7 Å². The van der Waals surface area contributed by atoms with Gasteiger partial charge in [-0.05, 0) is 19.9 Å². The van der Waals surface area contributed by atoms with E-state index in [1.807, 2.05) is 0 Å². The third-order valence-corrected chi connectivity index (χ3v) is 1.79. The second-order valence-corrected chi connectivity index (χ2v) is 2.87. The molecular formula is C8H10F2N2O2. The minimum atomic E-state index is -3.88. The topological polar surface area (TPSA) is 55.1 Å². The standard InChI is InChI=1S/C8H10F2N2O2/c1-3-12-6(4-5(2)11-12)8(9,10)7(13)14/h4H,3H2,1-2H3,(H,13,14). The Morgan fingerprint density at radius 2 is 2.29 bits per heavy atom. The van der Waals surface area contributed by atoms with E-state index in [-0.39, 0.29) is 6.54 Å². The van der Waals surface area contributed by atoms with Crippen molar-refractivity contribution in [1.29, 1.82) is 0 Å². The molecule has 0 aliphatic carbocycles. The van der Waals surface area contributed by atoms with Gasteiger partial charge in [0.15, 0.2) is 0 Å². The van der Waals surface area contributed by atoms with Crippen LogP contribution in [-0.4, -0.2) is 20.9 Å². The average molecular weight is 204 g/mol. The monoisotopic (exact) mass is 204 g/mol. The molecule has 78 valence electrons. The minimum absolute atomic E-state index is 0.214. The smallest absolute Gasteiger partial charge is 0.383 e. The maximum absolute atomic E-state index is 13.1. The fourth-order valence-electron chi connectivity index (χ4n) is 1.15. The number of hydrogen-bond donors (Lipinski definition) is 1. The minimum Gasteiger partial charge on any atom is -0.476 e. The van der Waals surface area contributed by atoms with E-state index >= 15 is 0 Å². The molecular weight excluding hydrogens is 194 g/mol. The molecule has 0 bridgehead atoms. The first-order valence-electron chi connectivity index (χ1n) is 4.05. The molecule has 1 heterocycles. The molecule has 0 spiro atoms. The van der Waals surface area contributed by atoms with Crippen LogP contribution in [0.1, 0.15) is 18.3 Å². The fourth-order valence-corrected chi connectivity index (χ4v) is 1.15. The number of carbonyl (C=O) groups is 1. The molecule has 0 aliphatic rings. The molecule has 0 radical (unpaired) electrons. The Hall–Kier alpha value is -1.46. The highest BCUT2D eigenvalue weighted by molar-refractivity contribution is 5.76. The molecule has 1 rings (SSSR count). The van der Waals surface area contributed by atoms with Crippen molar-refractivity contribution in [1.82, 2.24) is 9.78 Å². The Morgan fingerprint density at radius 1 is 1.71 bits per heavy atom. The van der Waals surface area contributed by atoms with Crippen LogP contribution in [0.5, 0.6) is 0 Å². The number of aliphatic carboxylic acids is 1. The Morgan fingerprint density at radius 3 is 2.71 bits per heavy atom. The number of aromatic nitrogens is 2. The molecule has 0 amide bonds. The average Bonchev–Trinajstić information content (AvgIpc) is 2.46. The van der Waals surface area contributed by atoms with Crippen LogP contribution in [0, 0.1) is 6.92 Å².